The normalized spacial score (nSPS) is 12.3. The molecule has 0 bridgehead atoms. The first-order chi connectivity index (χ1) is 27.5. The van der Waals surface area contributed by atoms with E-state index >= 15 is 0 Å². The van der Waals surface area contributed by atoms with E-state index in [0.29, 0.717) is 0 Å². The van der Waals surface area contributed by atoms with Crippen LogP contribution >= 0.6 is 0 Å². The van der Waals surface area contributed by atoms with Gasteiger partial charge in [-0.1, -0.05) is 149 Å². The second-order valence-electron chi connectivity index (χ2n) is 14.3. The first-order valence-electron chi connectivity index (χ1n) is 19.0. The standard InChI is InChI=1S/C50H39BN5.Pt/c1-36-30-37(2)48(38(3)31-36)51(42-24-16-28-45(32-42)55-34-47(39-18-8-4-9-19-39)49(52-55)40-20-10-5-11-21-40)43-25-17-29-46(33-43)56-35-54(44-26-14-7-15-27-44)50(53-56)41-22-12-6-13-23-41;/h4-31,34-35H,1-3H3;/q-3;. The maximum absolute atomic E-state index is 5.20. The van der Waals surface area contributed by atoms with Gasteiger partial charge in [-0.2, -0.15) is 57.5 Å². The summed E-state index contributed by atoms with van der Waals surface area (Å²) in [6, 6.07) is 66.5. The van der Waals surface area contributed by atoms with Gasteiger partial charge in [0, 0.05) is 49.6 Å². The Morgan fingerprint density at radius 1 is 0.561 bits per heavy atom. The first kappa shape index (κ1) is 37.7. The van der Waals surface area contributed by atoms with Crippen molar-refractivity contribution in [1.29, 1.82) is 0 Å². The van der Waals surface area contributed by atoms with E-state index in [1.807, 2.05) is 52.8 Å². The number of amidine groups is 1. The van der Waals surface area contributed by atoms with Crippen LogP contribution < -0.4 is 26.3 Å². The van der Waals surface area contributed by atoms with Crippen LogP contribution in [0.4, 0.5) is 11.4 Å². The van der Waals surface area contributed by atoms with Crippen molar-refractivity contribution in [3.05, 3.63) is 217 Å². The predicted molar refractivity (Wildman–Crippen MR) is 233 cm³/mol. The number of anilines is 2. The van der Waals surface area contributed by atoms with E-state index in [9.17, 15) is 0 Å². The third-order valence-corrected chi connectivity index (χ3v) is 10.3. The van der Waals surface area contributed by atoms with Crippen LogP contribution in [-0.4, -0.2) is 22.3 Å². The molecule has 0 saturated carbocycles. The van der Waals surface area contributed by atoms with E-state index in [1.54, 1.807) is 0 Å². The topological polar surface area (TPSA) is 36.7 Å². The molecule has 0 amide bonds. The van der Waals surface area contributed by atoms with Crippen LogP contribution in [0, 0.1) is 39.6 Å². The molecule has 0 fully saturated rings. The zero-order valence-corrected chi connectivity index (χ0v) is 34.2. The van der Waals surface area contributed by atoms with Crippen molar-refractivity contribution in [3.63, 3.8) is 0 Å². The summed E-state index contributed by atoms with van der Waals surface area (Å²) in [6.45, 7) is 8.48. The fraction of sp³-hybridized carbons (Fsp3) is 0.0600. The minimum absolute atomic E-state index is 0. The van der Waals surface area contributed by atoms with E-state index in [-0.39, 0.29) is 27.8 Å². The molecule has 7 heteroatoms. The summed E-state index contributed by atoms with van der Waals surface area (Å²) in [5, 5.41) is 12.3. The number of hydrazone groups is 1. The van der Waals surface area contributed by atoms with E-state index < -0.39 is 0 Å². The van der Waals surface area contributed by atoms with Crippen LogP contribution in [0.1, 0.15) is 22.3 Å². The minimum Gasteiger partial charge on any atom is -0.456 e. The predicted octanol–water partition coefficient (Wildman–Crippen LogP) is 9.05. The van der Waals surface area contributed by atoms with E-state index in [4.69, 9.17) is 10.2 Å². The van der Waals surface area contributed by atoms with Gasteiger partial charge in [0.1, 0.15) is 11.5 Å². The van der Waals surface area contributed by atoms with Crippen molar-refractivity contribution in [2.45, 2.75) is 20.8 Å². The average molecular weight is 916 g/mol. The largest absolute Gasteiger partial charge is 0.456 e. The van der Waals surface area contributed by atoms with Crippen molar-refractivity contribution < 1.29 is 21.1 Å². The number of aromatic nitrogens is 2. The molecule has 8 aromatic rings. The number of hydrogen-bond acceptors (Lipinski definition) is 4. The Morgan fingerprint density at radius 3 is 1.70 bits per heavy atom. The second-order valence-corrected chi connectivity index (χ2v) is 14.3. The molecule has 0 atom stereocenters. The van der Waals surface area contributed by atoms with Crippen LogP contribution in [0.15, 0.2) is 181 Å². The quantitative estimate of drug-likeness (QED) is 0.107. The number of nitrogens with zero attached hydrogens (tertiary/aromatic N) is 5. The molecule has 2 heterocycles. The number of para-hydroxylation sites is 1. The molecule has 9 rings (SSSR count). The molecule has 7 aromatic carbocycles. The number of hydrogen-bond donors (Lipinski definition) is 0. The van der Waals surface area contributed by atoms with Gasteiger partial charge in [0.05, 0.1) is 0 Å². The molecule has 0 radical (unpaired) electrons. The van der Waals surface area contributed by atoms with Crippen molar-refractivity contribution in [3.8, 4) is 28.1 Å². The molecule has 0 spiro atoms. The number of aryl methyl sites for hydroxylation is 3. The maximum Gasteiger partial charge on any atom is 0.192 e. The molecular formula is C50H39BN5Pt-3. The van der Waals surface area contributed by atoms with Crippen LogP contribution in [0.5, 0.6) is 0 Å². The Balaban J connectivity index is 0.00000455. The smallest absolute Gasteiger partial charge is 0.192 e. The number of benzene rings is 7. The molecule has 0 unspecified atom stereocenters. The Morgan fingerprint density at radius 2 is 1.09 bits per heavy atom. The van der Waals surface area contributed by atoms with Crippen LogP contribution in [0.2, 0.25) is 0 Å². The fourth-order valence-electron chi connectivity index (χ4n) is 7.83. The zero-order valence-electron chi connectivity index (χ0n) is 32.0. The van der Waals surface area contributed by atoms with Crippen LogP contribution in [-0.2, 0) is 21.1 Å². The third-order valence-electron chi connectivity index (χ3n) is 10.3. The zero-order chi connectivity index (χ0) is 38.0. The van der Waals surface area contributed by atoms with Crippen molar-refractivity contribution in [2.24, 2.45) is 5.10 Å². The summed E-state index contributed by atoms with van der Waals surface area (Å²) in [4.78, 5) is 2.14. The average Bonchev–Trinajstić information content (AvgIpc) is 3.90. The molecule has 1 aliphatic heterocycles. The van der Waals surface area contributed by atoms with Crippen molar-refractivity contribution in [2.75, 3.05) is 9.91 Å². The Hall–Kier alpha value is -6.23. The van der Waals surface area contributed by atoms with E-state index in [2.05, 4.69) is 177 Å². The fourth-order valence-corrected chi connectivity index (χ4v) is 7.83. The third kappa shape index (κ3) is 7.66. The summed E-state index contributed by atoms with van der Waals surface area (Å²) < 4.78 is 1.97. The van der Waals surface area contributed by atoms with E-state index in [0.717, 1.165) is 61.8 Å². The van der Waals surface area contributed by atoms with E-state index in [1.165, 1.54) is 22.2 Å². The van der Waals surface area contributed by atoms with Crippen LogP contribution in [0.3, 0.4) is 0 Å². The molecule has 1 aromatic heterocycles. The summed E-state index contributed by atoms with van der Waals surface area (Å²) in [7, 11) is 0. The van der Waals surface area contributed by atoms with Gasteiger partial charge in [0.15, 0.2) is 6.71 Å². The molecule has 0 saturated heterocycles. The maximum atomic E-state index is 5.20. The second kappa shape index (κ2) is 16.5. The number of rotatable bonds is 9. The summed E-state index contributed by atoms with van der Waals surface area (Å²) in [5.74, 6) is 0.849. The molecule has 57 heavy (non-hydrogen) atoms. The molecule has 1 aliphatic rings. The monoisotopic (exact) mass is 915 g/mol. The van der Waals surface area contributed by atoms with Crippen molar-refractivity contribution in [1.82, 2.24) is 9.78 Å². The summed E-state index contributed by atoms with van der Waals surface area (Å²) >= 11 is 0. The van der Waals surface area contributed by atoms with Gasteiger partial charge in [0.25, 0.3) is 0 Å². The molecular weight excluding hydrogens is 876 g/mol. The van der Waals surface area contributed by atoms with Gasteiger partial charge >= 0.3 is 0 Å². The van der Waals surface area contributed by atoms with Gasteiger partial charge < -0.3 is 9.91 Å². The SMILES string of the molecule is Cc1cc(C)c(B(c2[c-]c(N3[CH-]N(c4ccccc4)C(c4ccccc4)=N3)ccc2)c2[c-]c(-n3cc(-c4ccccc4)c(-c4ccccc4)n3)ccc2)c(C)c1.[Pt]. The van der Waals surface area contributed by atoms with Crippen molar-refractivity contribution >= 4 is 40.3 Å². The van der Waals surface area contributed by atoms with Gasteiger partial charge in [-0.05, 0) is 44.2 Å². The van der Waals surface area contributed by atoms with Gasteiger partial charge in [-0.15, -0.1) is 18.8 Å². The van der Waals surface area contributed by atoms with Gasteiger partial charge in [0.2, 0.25) is 0 Å². The Kier molecular flexibility index (Phi) is 10.9. The van der Waals surface area contributed by atoms with Gasteiger partial charge in [-0.25, -0.2) is 0 Å². The Labute approximate surface area is 350 Å². The molecule has 5 nitrogen and oxygen atoms in total. The molecule has 0 N–H and O–H groups in total. The molecule has 0 aliphatic carbocycles. The molecule has 280 valence electrons. The summed E-state index contributed by atoms with van der Waals surface area (Å²) in [6.07, 6.45) is 2.13. The first-order valence-corrected chi connectivity index (χ1v) is 19.0. The summed E-state index contributed by atoms with van der Waals surface area (Å²) in [5.41, 5.74) is 15.0. The Bertz CT molecular complexity index is 2580. The van der Waals surface area contributed by atoms with Gasteiger partial charge in [-0.3, -0.25) is 4.68 Å². The minimum atomic E-state index is -0.154. The van der Waals surface area contributed by atoms with Crippen LogP contribution in [0.25, 0.3) is 28.1 Å².